The summed E-state index contributed by atoms with van der Waals surface area (Å²) in [6, 6.07) is 8.62. The number of nitrogens with two attached hydrogens (primary N) is 1. The molecule has 11 nitrogen and oxygen atoms in total. The number of carboxylic acids is 2. The van der Waals surface area contributed by atoms with Crippen LogP contribution in [0.5, 0.6) is 5.75 Å². The molecule has 6 rings (SSSR count). The Labute approximate surface area is 218 Å². The van der Waals surface area contributed by atoms with Gasteiger partial charge in [-0.05, 0) is 43.5 Å². The first kappa shape index (κ1) is 26.7. The maximum atomic E-state index is 9.00. The molecular formula is C27H32N6O5. The SMILES string of the molecule is CC(=O)O.CC(=O)O.COc1ccc2c(c1)c(-c1cc3c(ncc4cnc([C@@H]5CC[C@H](N)C5)n43)[nH]1)cn2C. The fourth-order valence-corrected chi connectivity index (χ4v) is 4.96. The van der Waals surface area contributed by atoms with E-state index in [-0.39, 0.29) is 6.04 Å². The second-order valence-corrected chi connectivity index (χ2v) is 9.40. The van der Waals surface area contributed by atoms with Crippen molar-refractivity contribution in [2.75, 3.05) is 7.11 Å². The first-order valence-electron chi connectivity index (χ1n) is 12.2. The number of aryl methyl sites for hydroxylation is 1. The van der Waals surface area contributed by atoms with E-state index in [2.05, 4.69) is 50.4 Å². The van der Waals surface area contributed by atoms with Gasteiger partial charge in [-0.1, -0.05) is 0 Å². The van der Waals surface area contributed by atoms with E-state index in [1.165, 1.54) is 0 Å². The fourth-order valence-electron chi connectivity index (χ4n) is 4.96. The Kier molecular flexibility index (Phi) is 7.67. The van der Waals surface area contributed by atoms with E-state index in [1.54, 1.807) is 7.11 Å². The molecule has 11 heteroatoms. The van der Waals surface area contributed by atoms with Crippen molar-refractivity contribution in [1.29, 1.82) is 0 Å². The number of aromatic nitrogens is 5. The third-order valence-electron chi connectivity index (χ3n) is 6.49. The number of fused-ring (bicyclic) bond motifs is 4. The highest BCUT2D eigenvalue weighted by atomic mass is 16.5. The van der Waals surface area contributed by atoms with Gasteiger partial charge in [0.15, 0.2) is 5.65 Å². The second-order valence-electron chi connectivity index (χ2n) is 9.40. The zero-order chi connectivity index (χ0) is 27.6. The number of carbonyl (C=O) groups is 2. The largest absolute Gasteiger partial charge is 0.497 e. The summed E-state index contributed by atoms with van der Waals surface area (Å²) in [7, 11) is 3.76. The molecule has 0 amide bonds. The Morgan fingerprint density at radius 1 is 1.08 bits per heavy atom. The third kappa shape index (κ3) is 5.47. The van der Waals surface area contributed by atoms with Crippen LogP contribution in [0.15, 0.2) is 42.9 Å². The monoisotopic (exact) mass is 520 g/mol. The van der Waals surface area contributed by atoms with E-state index >= 15 is 0 Å². The number of hydrogen-bond donors (Lipinski definition) is 4. The van der Waals surface area contributed by atoms with Crippen LogP contribution in [0.25, 0.3) is 38.8 Å². The summed E-state index contributed by atoms with van der Waals surface area (Å²) >= 11 is 0. The minimum Gasteiger partial charge on any atom is -0.497 e. The lowest BCUT2D eigenvalue weighted by molar-refractivity contribution is -0.135. The number of H-pyrrole nitrogens is 1. The minimum absolute atomic E-state index is 0.270. The van der Waals surface area contributed by atoms with E-state index in [0.717, 1.165) is 83.5 Å². The number of hydrogen-bond acceptors (Lipinski definition) is 6. The van der Waals surface area contributed by atoms with E-state index in [4.69, 9.17) is 35.3 Å². The van der Waals surface area contributed by atoms with Crippen LogP contribution in [0.1, 0.15) is 44.9 Å². The summed E-state index contributed by atoms with van der Waals surface area (Å²) in [5.41, 5.74) is 12.4. The van der Waals surface area contributed by atoms with Gasteiger partial charge in [0.1, 0.15) is 11.6 Å². The number of imidazole rings is 1. The van der Waals surface area contributed by atoms with Gasteiger partial charge in [0, 0.05) is 55.5 Å². The average Bonchev–Trinajstić information content (AvgIpc) is 3.62. The van der Waals surface area contributed by atoms with Gasteiger partial charge < -0.3 is 30.2 Å². The Hall–Kier alpha value is -4.38. The molecule has 0 saturated heterocycles. The highest BCUT2D eigenvalue weighted by molar-refractivity contribution is 5.98. The van der Waals surface area contributed by atoms with E-state index in [0.29, 0.717) is 5.92 Å². The van der Waals surface area contributed by atoms with E-state index < -0.39 is 11.9 Å². The third-order valence-corrected chi connectivity index (χ3v) is 6.49. The molecule has 2 atom stereocenters. The van der Waals surface area contributed by atoms with Crippen molar-refractivity contribution in [3.8, 4) is 17.0 Å². The van der Waals surface area contributed by atoms with Crippen molar-refractivity contribution in [3.63, 3.8) is 0 Å². The summed E-state index contributed by atoms with van der Waals surface area (Å²) in [6.45, 7) is 2.17. The van der Waals surface area contributed by atoms with E-state index in [9.17, 15) is 0 Å². The van der Waals surface area contributed by atoms with Crippen LogP contribution in [-0.4, -0.2) is 59.2 Å². The molecule has 1 aliphatic rings. The predicted octanol–water partition coefficient (Wildman–Crippen LogP) is 4.15. The van der Waals surface area contributed by atoms with Crippen molar-refractivity contribution >= 4 is 39.5 Å². The normalized spacial score (nSPS) is 16.7. The number of aromatic amines is 1. The van der Waals surface area contributed by atoms with Gasteiger partial charge >= 0.3 is 0 Å². The summed E-state index contributed by atoms with van der Waals surface area (Å²) in [5.74, 6) is 0.671. The predicted molar refractivity (Wildman–Crippen MR) is 144 cm³/mol. The van der Waals surface area contributed by atoms with Crippen molar-refractivity contribution in [2.24, 2.45) is 12.8 Å². The minimum atomic E-state index is -0.833. The molecule has 0 spiro atoms. The van der Waals surface area contributed by atoms with Gasteiger partial charge in [-0.2, -0.15) is 0 Å². The topological polar surface area (TPSA) is 161 Å². The average molecular weight is 521 g/mol. The lowest BCUT2D eigenvalue weighted by Crippen LogP contribution is -2.15. The first-order valence-corrected chi connectivity index (χ1v) is 12.2. The number of ether oxygens (including phenoxy) is 1. The molecule has 0 bridgehead atoms. The van der Waals surface area contributed by atoms with Crippen molar-refractivity contribution in [1.82, 2.24) is 23.9 Å². The number of nitrogens with zero attached hydrogens (tertiary/aromatic N) is 4. The van der Waals surface area contributed by atoms with Gasteiger partial charge in [-0.25, -0.2) is 9.97 Å². The number of carboxylic acid groups (broad SMARTS) is 2. The molecule has 5 aromatic rings. The maximum absolute atomic E-state index is 9.00. The van der Waals surface area contributed by atoms with Crippen LogP contribution in [-0.2, 0) is 16.6 Å². The zero-order valence-electron chi connectivity index (χ0n) is 21.8. The van der Waals surface area contributed by atoms with Crippen LogP contribution in [0.3, 0.4) is 0 Å². The molecule has 0 radical (unpaired) electrons. The summed E-state index contributed by atoms with van der Waals surface area (Å²) in [6.07, 6.45) is 9.09. The zero-order valence-corrected chi connectivity index (χ0v) is 21.8. The molecule has 200 valence electrons. The van der Waals surface area contributed by atoms with Crippen molar-refractivity contribution < 1.29 is 24.5 Å². The first-order chi connectivity index (χ1) is 18.1. The van der Waals surface area contributed by atoms with Crippen LogP contribution >= 0.6 is 0 Å². The molecular weight excluding hydrogens is 488 g/mol. The summed E-state index contributed by atoms with van der Waals surface area (Å²) < 4.78 is 9.84. The van der Waals surface area contributed by atoms with Gasteiger partial charge in [-0.15, -0.1) is 0 Å². The lowest BCUT2D eigenvalue weighted by Gasteiger charge is -2.09. The molecule has 4 aromatic heterocycles. The molecule has 0 aliphatic heterocycles. The molecule has 0 unspecified atom stereocenters. The summed E-state index contributed by atoms with van der Waals surface area (Å²) in [4.78, 5) is 30.9. The van der Waals surface area contributed by atoms with Gasteiger partial charge in [0.05, 0.1) is 36.2 Å². The van der Waals surface area contributed by atoms with Gasteiger partial charge in [0.2, 0.25) is 0 Å². The van der Waals surface area contributed by atoms with Gasteiger partial charge in [0.25, 0.3) is 11.9 Å². The highest BCUT2D eigenvalue weighted by Gasteiger charge is 2.27. The number of benzene rings is 1. The molecule has 5 N–H and O–H groups in total. The maximum Gasteiger partial charge on any atom is 0.300 e. The Morgan fingerprint density at radius 2 is 1.76 bits per heavy atom. The van der Waals surface area contributed by atoms with E-state index in [1.807, 2.05) is 18.5 Å². The molecule has 4 heterocycles. The Bertz CT molecular complexity index is 1590. The van der Waals surface area contributed by atoms with Crippen LogP contribution < -0.4 is 10.5 Å². The summed E-state index contributed by atoms with van der Waals surface area (Å²) in [5, 5.41) is 16.0. The van der Waals surface area contributed by atoms with Crippen molar-refractivity contribution in [3.05, 3.63) is 48.7 Å². The fraction of sp³-hybridized carbons (Fsp3) is 0.333. The number of aliphatic carboxylic acids is 2. The molecule has 38 heavy (non-hydrogen) atoms. The highest BCUT2D eigenvalue weighted by Crippen LogP contribution is 2.36. The quantitative estimate of drug-likeness (QED) is 0.276. The molecule has 1 fully saturated rings. The standard InChI is InChI=1S/C23H24N6O.2C2H4O2/c1-28-12-18(17-8-16(30-2)5-6-20(17)28)19-9-21-22(27-19)25-10-15-11-26-23(29(15)21)13-3-4-14(24)7-13;2*1-2(3)4/h5-6,8-14,27H,3-4,7,24H2,1-2H3;2*1H3,(H,3,4)/t13-,14+;;/m1../s1. The number of methoxy groups -OCH3 is 1. The Morgan fingerprint density at radius 3 is 2.39 bits per heavy atom. The lowest BCUT2D eigenvalue weighted by atomic mass is 10.1. The number of nitrogens with one attached hydrogen (secondary N) is 1. The smallest absolute Gasteiger partial charge is 0.300 e. The molecule has 1 aromatic carbocycles. The van der Waals surface area contributed by atoms with Crippen LogP contribution in [0.4, 0.5) is 0 Å². The van der Waals surface area contributed by atoms with Crippen LogP contribution in [0.2, 0.25) is 0 Å². The molecule has 1 aliphatic carbocycles. The van der Waals surface area contributed by atoms with Gasteiger partial charge in [-0.3, -0.25) is 14.0 Å². The second kappa shape index (κ2) is 10.9. The molecule has 1 saturated carbocycles. The Balaban J connectivity index is 0.000000373. The van der Waals surface area contributed by atoms with Crippen molar-refractivity contribution in [2.45, 2.75) is 45.1 Å². The van der Waals surface area contributed by atoms with Crippen LogP contribution in [0, 0.1) is 0 Å². The number of rotatable bonds is 3.